The molecule has 1 aromatic heterocycles. The van der Waals surface area contributed by atoms with Crippen LogP contribution in [-0.2, 0) is 10.2 Å². The average Bonchev–Trinajstić information content (AvgIpc) is 2.88. The summed E-state index contributed by atoms with van der Waals surface area (Å²) in [6, 6.07) is 8.17. The first-order valence-electron chi connectivity index (χ1n) is 6.39. The zero-order valence-corrected chi connectivity index (χ0v) is 11.9. The van der Waals surface area contributed by atoms with Crippen LogP contribution in [0.3, 0.4) is 0 Å². The van der Waals surface area contributed by atoms with Gasteiger partial charge in [0.05, 0.1) is 0 Å². The van der Waals surface area contributed by atoms with Gasteiger partial charge in [0.25, 0.3) is 5.91 Å². The molecule has 0 atom stereocenters. The topological polar surface area (TPSA) is 59.8 Å². The van der Waals surface area contributed by atoms with Crippen LogP contribution in [0, 0.1) is 0 Å². The van der Waals surface area contributed by atoms with Gasteiger partial charge in [-0.2, -0.15) is 0 Å². The molecule has 1 heterocycles. The summed E-state index contributed by atoms with van der Waals surface area (Å²) in [4.78, 5) is 11.6. The molecule has 0 fully saturated rings. The molecular weight excluding hydrogens is 252 g/mol. The van der Waals surface area contributed by atoms with Gasteiger partial charge in [-0.1, -0.05) is 45.0 Å². The number of carbonyl (C=O) groups is 1. The van der Waals surface area contributed by atoms with Crippen LogP contribution in [0.25, 0.3) is 6.08 Å². The summed E-state index contributed by atoms with van der Waals surface area (Å²) in [5.41, 5.74) is 4.98. The minimum absolute atomic E-state index is 0.133. The normalized spacial score (nSPS) is 11.8. The SMILES string of the molecule is CC(C)(C)c1ccc(/C=C/C(=O)Nn2cnnc2)cc1. The number of rotatable bonds is 3. The Kier molecular flexibility index (Phi) is 3.98. The number of hydrogen-bond acceptors (Lipinski definition) is 3. The Labute approximate surface area is 118 Å². The first kappa shape index (κ1) is 14.0. The van der Waals surface area contributed by atoms with Crippen molar-refractivity contribution in [2.45, 2.75) is 26.2 Å². The fourth-order valence-corrected chi connectivity index (χ4v) is 1.69. The highest BCUT2D eigenvalue weighted by Crippen LogP contribution is 2.22. The number of nitrogens with one attached hydrogen (secondary N) is 1. The van der Waals surface area contributed by atoms with Crippen LogP contribution in [0.15, 0.2) is 43.0 Å². The highest BCUT2D eigenvalue weighted by molar-refractivity contribution is 5.97. The molecule has 0 bridgehead atoms. The molecule has 0 saturated heterocycles. The van der Waals surface area contributed by atoms with Crippen molar-refractivity contribution in [2.24, 2.45) is 0 Å². The van der Waals surface area contributed by atoms with Crippen molar-refractivity contribution in [1.82, 2.24) is 14.9 Å². The molecular formula is C15H18N4O. The second-order valence-electron chi connectivity index (χ2n) is 5.55. The monoisotopic (exact) mass is 270 g/mol. The Morgan fingerprint density at radius 3 is 2.30 bits per heavy atom. The van der Waals surface area contributed by atoms with Crippen molar-refractivity contribution in [3.8, 4) is 0 Å². The molecule has 0 aliphatic carbocycles. The van der Waals surface area contributed by atoms with E-state index < -0.39 is 0 Å². The maximum atomic E-state index is 11.6. The van der Waals surface area contributed by atoms with E-state index in [-0.39, 0.29) is 11.3 Å². The van der Waals surface area contributed by atoms with Gasteiger partial charge < -0.3 is 0 Å². The lowest BCUT2D eigenvalue weighted by molar-refractivity contribution is -0.112. The number of carbonyl (C=O) groups excluding carboxylic acids is 1. The van der Waals surface area contributed by atoms with Crippen molar-refractivity contribution in [3.63, 3.8) is 0 Å². The molecule has 0 radical (unpaired) electrons. The van der Waals surface area contributed by atoms with Gasteiger partial charge in [-0.05, 0) is 22.6 Å². The number of nitrogens with zero attached hydrogens (tertiary/aromatic N) is 3. The summed E-state index contributed by atoms with van der Waals surface area (Å²) >= 11 is 0. The highest BCUT2D eigenvalue weighted by Gasteiger charge is 2.12. The molecule has 2 rings (SSSR count). The zero-order valence-electron chi connectivity index (χ0n) is 11.9. The maximum Gasteiger partial charge on any atom is 0.262 e. The predicted octanol–water partition coefficient (Wildman–Crippen LogP) is 2.36. The second kappa shape index (κ2) is 5.69. The molecule has 20 heavy (non-hydrogen) atoms. The minimum Gasteiger partial charge on any atom is -0.268 e. The smallest absolute Gasteiger partial charge is 0.262 e. The summed E-state index contributed by atoms with van der Waals surface area (Å²) in [5.74, 6) is -0.232. The van der Waals surface area contributed by atoms with Crippen LogP contribution in [0.2, 0.25) is 0 Å². The van der Waals surface area contributed by atoms with Gasteiger partial charge in [0.2, 0.25) is 0 Å². The van der Waals surface area contributed by atoms with Crippen molar-refractivity contribution in [3.05, 3.63) is 54.1 Å². The molecule has 5 heteroatoms. The number of aromatic nitrogens is 3. The van der Waals surface area contributed by atoms with E-state index in [1.807, 2.05) is 12.1 Å². The maximum absolute atomic E-state index is 11.6. The van der Waals surface area contributed by atoms with E-state index in [0.29, 0.717) is 0 Å². The molecule has 0 aliphatic heterocycles. The van der Waals surface area contributed by atoms with Crippen LogP contribution in [-0.4, -0.2) is 20.8 Å². The van der Waals surface area contributed by atoms with Gasteiger partial charge in [0, 0.05) is 6.08 Å². The van der Waals surface area contributed by atoms with Crippen LogP contribution in [0.1, 0.15) is 31.9 Å². The summed E-state index contributed by atoms with van der Waals surface area (Å²) in [6.45, 7) is 6.51. The summed E-state index contributed by atoms with van der Waals surface area (Å²) in [6.07, 6.45) is 6.09. The fourth-order valence-electron chi connectivity index (χ4n) is 1.69. The van der Waals surface area contributed by atoms with E-state index in [9.17, 15) is 4.79 Å². The number of hydrogen-bond donors (Lipinski definition) is 1. The lowest BCUT2D eigenvalue weighted by Crippen LogP contribution is -2.18. The molecule has 0 unspecified atom stereocenters. The van der Waals surface area contributed by atoms with Gasteiger partial charge >= 0.3 is 0 Å². The van der Waals surface area contributed by atoms with Gasteiger partial charge in [0.15, 0.2) is 0 Å². The van der Waals surface area contributed by atoms with E-state index in [1.54, 1.807) is 6.08 Å². The van der Waals surface area contributed by atoms with Crippen LogP contribution in [0.5, 0.6) is 0 Å². The molecule has 1 N–H and O–H groups in total. The Morgan fingerprint density at radius 2 is 1.75 bits per heavy atom. The van der Waals surface area contributed by atoms with Crippen molar-refractivity contribution in [1.29, 1.82) is 0 Å². The molecule has 1 aromatic carbocycles. The standard InChI is InChI=1S/C15H18N4O/c1-15(2,3)13-7-4-12(5-8-13)6-9-14(20)18-19-10-16-17-11-19/h4-11H,1-3H3,(H,18,20)/b9-6+. The summed E-state index contributed by atoms with van der Waals surface area (Å²) in [7, 11) is 0. The Morgan fingerprint density at radius 1 is 1.15 bits per heavy atom. The number of benzene rings is 1. The van der Waals surface area contributed by atoms with Crippen molar-refractivity contribution < 1.29 is 4.79 Å². The average molecular weight is 270 g/mol. The van der Waals surface area contributed by atoms with Crippen molar-refractivity contribution in [2.75, 3.05) is 5.43 Å². The summed E-state index contributed by atoms with van der Waals surface area (Å²) < 4.78 is 1.40. The largest absolute Gasteiger partial charge is 0.268 e. The Balaban J connectivity index is 1.99. The Bertz CT molecular complexity index is 592. The quantitative estimate of drug-likeness (QED) is 0.871. The minimum atomic E-state index is -0.232. The first-order valence-corrected chi connectivity index (χ1v) is 6.39. The van der Waals surface area contributed by atoms with E-state index in [0.717, 1.165) is 5.56 Å². The molecule has 104 valence electrons. The van der Waals surface area contributed by atoms with Gasteiger partial charge in [0.1, 0.15) is 12.7 Å². The van der Waals surface area contributed by atoms with Gasteiger partial charge in [-0.15, -0.1) is 10.2 Å². The molecule has 2 aromatic rings. The highest BCUT2D eigenvalue weighted by atomic mass is 16.2. The molecule has 0 spiro atoms. The van der Waals surface area contributed by atoms with Crippen LogP contribution < -0.4 is 5.43 Å². The van der Waals surface area contributed by atoms with E-state index >= 15 is 0 Å². The fraction of sp³-hybridized carbons (Fsp3) is 0.267. The lowest BCUT2D eigenvalue weighted by Gasteiger charge is -2.18. The second-order valence-corrected chi connectivity index (χ2v) is 5.55. The predicted molar refractivity (Wildman–Crippen MR) is 78.6 cm³/mol. The lowest BCUT2D eigenvalue weighted by atomic mass is 9.87. The van der Waals surface area contributed by atoms with E-state index in [1.165, 1.54) is 29.0 Å². The first-order chi connectivity index (χ1) is 9.45. The van der Waals surface area contributed by atoms with Gasteiger partial charge in [-0.3, -0.25) is 10.2 Å². The Hall–Kier alpha value is -2.43. The van der Waals surface area contributed by atoms with E-state index in [4.69, 9.17) is 0 Å². The molecule has 0 saturated carbocycles. The summed E-state index contributed by atoms with van der Waals surface area (Å²) in [5, 5.41) is 7.20. The van der Waals surface area contributed by atoms with Crippen LogP contribution in [0.4, 0.5) is 0 Å². The molecule has 1 amide bonds. The van der Waals surface area contributed by atoms with Crippen molar-refractivity contribution >= 4 is 12.0 Å². The third-order valence-corrected chi connectivity index (χ3v) is 2.86. The zero-order chi connectivity index (χ0) is 14.6. The molecule has 0 aliphatic rings. The van der Waals surface area contributed by atoms with E-state index in [2.05, 4.69) is 48.5 Å². The van der Waals surface area contributed by atoms with Crippen LogP contribution >= 0.6 is 0 Å². The number of amides is 1. The molecule has 5 nitrogen and oxygen atoms in total. The third kappa shape index (κ3) is 3.78. The third-order valence-electron chi connectivity index (χ3n) is 2.86. The van der Waals surface area contributed by atoms with Gasteiger partial charge in [-0.25, -0.2) is 4.68 Å².